The molecule has 2 aromatic heterocycles. The van der Waals surface area contributed by atoms with Crippen LogP contribution in [-0.4, -0.2) is 16.5 Å². The minimum atomic E-state index is 0.555. The summed E-state index contributed by atoms with van der Waals surface area (Å²) in [4.78, 5) is 9.30. The minimum absolute atomic E-state index is 0.555. The summed E-state index contributed by atoms with van der Waals surface area (Å²) in [7, 11) is 0. The van der Waals surface area contributed by atoms with Gasteiger partial charge in [0.2, 0.25) is 0 Å². The molecular weight excluding hydrogens is 342 g/mol. The van der Waals surface area contributed by atoms with Crippen molar-refractivity contribution in [2.45, 2.75) is 77.6 Å². The van der Waals surface area contributed by atoms with Crippen molar-refractivity contribution in [2.75, 3.05) is 11.9 Å². The molecule has 3 heterocycles. The van der Waals surface area contributed by atoms with Crippen LogP contribution in [0.25, 0.3) is 0 Å². The lowest BCUT2D eigenvalue weighted by Gasteiger charge is -2.18. The summed E-state index contributed by atoms with van der Waals surface area (Å²) in [5.74, 6) is 1.68. The fourth-order valence-electron chi connectivity index (χ4n) is 4.09. The van der Waals surface area contributed by atoms with E-state index in [0.29, 0.717) is 5.92 Å². The Kier molecular flexibility index (Phi) is 7.64. The highest BCUT2D eigenvalue weighted by Gasteiger charge is 2.13. The smallest absolute Gasteiger partial charge is 0.129 e. The SMILES string of the molecule is C=C(C)CC(CCCCCCc1ccc2c(n1)NCCC2)c1ccc(C)nc1. The highest BCUT2D eigenvalue weighted by Crippen LogP contribution is 2.28. The highest BCUT2D eigenvalue weighted by atomic mass is 15.0. The number of rotatable bonds is 10. The third kappa shape index (κ3) is 6.19. The average Bonchev–Trinajstić information content (AvgIpc) is 2.70. The molecule has 0 bridgehead atoms. The fraction of sp³-hybridized carbons (Fsp3) is 0.520. The molecule has 0 spiro atoms. The Morgan fingerprint density at radius 1 is 1.14 bits per heavy atom. The second-order valence-electron chi connectivity index (χ2n) is 8.38. The van der Waals surface area contributed by atoms with E-state index in [1.807, 2.05) is 6.92 Å². The molecule has 28 heavy (non-hydrogen) atoms. The lowest BCUT2D eigenvalue weighted by atomic mass is 9.89. The number of hydrogen-bond acceptors (Lipinski definition) is 3. The van der Waals surface area contributed by atoms with Gasteiger partial charge in [-0.2, -0.15) is 0 Å². The van der Waals surface area contributed by atoms with Crippen LogP contribution in [0.3, 0.4) is 0 Å². The molecule has 0 saturated carbocycles. The van der Waals surface area contributed by atoms with Crippen molar-refractivity contribution in [3.8, 4) is 0 Å². The van der Waals surface area contributed by atoms with Gasteiger partial charge in [-0.05, 0) is 81.5 Å². The molecule has 3 heteroatoms. The summed E-state index contributed by atoms with van der Waals surface area (Å²) >= 11 is 0. The lowest BCUT2D eigenvalue weighted by molar-refractivity contribution is 0.541. The van der Waals surface area contributed by atoms with Gasteiger partial charge >= 0.3 is 0 Å². The van der Waals surface area contributed by atoms with Crippen molar-refractivity contribution in [1.82, 2.24) is 9.97 Å². The highest BCUT2D eigenvalue weighted by molar-refractivity contribution is 5.47. The second kappa shape index (κ2) is 10.4. The van der Waals surface area contributed by atoms with Crippen LogP contribution in [0.15, 0.2) is 42.6 Å². The summed E-state index contributed by atoms with van der Waals surface area (Å²) in [5, 5.41) is 3.44. The van der Waals surface area contributed by atoms with Crippen LogP contribution in [-0.2, 0) is 12.8 Å². The Hall–Kier alpha value is -2.16. The molecule has 0 aromatic carbocycles. The average molecular weight is 378 g/mol. The summed E-state index contributed by atoms with van der Waals surface area (Å²) in [6.07, 6.45) is 12.9. The number of nitrogens with one attached hydrogen (secondary N) is 1. The van der Waals surface area contributed by atoms with Crippen molar-refractivity contribution in [2.24, 2.45) is 0 Å². The number of allylic oxidation sites excluding steroid dienone is 1. The molecule has 3 rings (SSSR count). The van der Waals surface area contributed by atoms with E-state index in [1.54, 1.807) is 0 Å². The number of aryl methyl sites for hydroxylation is 3. The van der Waals surface area contributed by atoms with Gasteiger partial charge in [-0.15, -0.1) is 6.58 Å². The maximum Gasteiger partial charge on any atom is 0.129 e. The van der Waals surface area contributed by atoms with E-state index in [4.69, 9.17) is 4.98 Å². The summed E-state index contributed by atoms with van der Waals surface area (Å²) in [5.41, 5.74) is 6.32. The Morgan fingerprint density at radius 2 is 2.00 bits per heavy atom. The first-order valence-corrected chi connectivity index (χ1v) is 10.9. The van der Waals surface area contributed by atoms with Crippen molar-refractivity contribution in [3.63, 3.8) is 0 Å². The molecule has 0 amide bonds. The van der Waals surface area contributed by atoms with Crippen LogP contribution < -0.4 is 5.32 Å². The molecule has 1 aliphatic rings. The Labute approximate surface area is 170 Å². The van der Waals surface area contributed by atoms with Gasteiger partial charge in [0.15, 0.2) is 0 Å². The first-order chi connectivity index (χ1) is 13.6. The van der Waals surface area contributed by atoms with Crippen LogP contribution in [0, 0.1) is 6.92 Å². The second-order valence-corrected chi connectivity index (χ2v) is 8.38. The van der Waals surface area contributed by atoms with Gasteiger partial charge in [-0.3, -0.25) is 4.98 Å². The van der Waals surface area contributed by atoms with E-state index < -0.39 is 0 Å². The summed E-state index contributed by atoms with van der Waals surface area (Å²) < 4.78 is 0. The first-order valence-electron chi connectivity index (χ1n) is 10.9. The first kappa shape index (κ1) is 20.6. The topological polar surface area (TPSA) is 37.8 Å². The quantitative estimate of drug-likeness (QED) is 0.385. The fourth-order valence-corrected chi connectivity index (χ4v) is 4.09. The van der Waals surface area contributed by atoms with Crippen LogP contribution in [0.5, 0.6) is 0 Å². The van der Waals surface area contributed by atoms with E-state index in [0.717, 1.165) is 37.3 Å². The number of aromatic nitrogens is 2. The molecule has 0 radical (unpaired) electrons. The van der Waals surface area contributed by atoms with Gasteiger partial charge in [-0.1, -0.05) is 37.0 Å². The number of pyridine rings is 2. The third-order valence-corrected chi connectivity index (χ3v) is 5.69. The van der Waals surface area contributed by atoms with Crippen LogP contribution >= 0.6 is 0 Å². The van der Waals surface area contributed by atoms with Gasteiger partial charge in [0, 0.05) is 24.1 Å². The van der Waals surface area contributed by atoms with Crippen molar-refractivity contribution >= 4 is 5.82 Å². The lowest BCUT2D eigenvalue weighted by Crippen LogP contribution is -2.13. The maximum atomic E-state index is 4.81. The van der Waals surface area contributed by atoms with E-state index in [2.05, 4.69) is 54.3 Å². The third-order valence-electron chi connectivity index (χ3n) is 5.69. The molecule has 1 atom stereocenters. The van der Waals surface area contributed by atoms with Crippen LogP contribution in [0.4, 0.5) is 5.82 Å². The standard InChI is InChI=1S/C25H35N3/c1-19(2)17-22(23-13-12-20(3)27-18-23)9-6-4-5-7-11-24-15-14-21-10-8-16-26-25(21)28-24/h12-15,18,22H,1,4-11,16-17H2,2-3H3,(H,26,28). The molecule has 2 aromatic rings. The zero-order valence-electron chi connectivity index (χ0n) is 17.6. The van der Waals surface area contributed by atoms with E-state index in [9.17, 15) is 0 Å². The normalized spacial score (nSPS) is 14.2. The molecule has 1 unspecified atom stereocenters. The number of hydrogen-bond donors (Lipinski definition) is 1. The predicted octanol–water partition coefficient (Wildman–Crippen LogP) is 6.39. The van der Waals surface area contributed by atoms with E-state index in [-0.39, 0.29) is 0 Å². The number of unbranched alkanes of at least 4 members (excludes halogenated alkanes) is 3. The Bertz CT molecular complexity index is 764. The van der Waals surface area contributed by atoms with E-state index in [1.165, 1.54) is 60.9 Å². The maximum absolute atomic E-state index is 4.81. The largest absolute Gasteiger partial charge is 0.370 e. The predicted molar refractivity (Wildman–Crippen MR) is 119 cm³/mol. The molecule has 150 valence electrons. The molecule has 3 nitrogen and oxygen atoms in total. The Balaban J connectivity index is 1.40. The molecule has 0 saturated heterocycles. The molecular formula is C25H35N3. The zero-order chi connectivity index (χ0) is 19.8. The Morgan fingerprint density at radius 3 is 2.79 bits per heavy atom. The number of anilines is 1. The van der Waals surface area contributed by atoms with E-state index >= 15 is 0 Å². The van der Waals surface area contributed by atoms with Crippen molar-refractivity contribution in [1.29, 1.82) is 0 Å². The van der Waals surface area contributed by atoms with Gasteiger partial charge in [0.05, 0.1) is 0 Å². The van der Waals surface area contributed by atoms with Gasteiger partial charge in [0.1, 0.15) is 5.82 Å². The minimum Gasteiger partial charge on any atom is -0.370 e. The summed E-state index contributed by atoms with van der Waals surface area (Å²) in [6.45, 7) is 9.37. The summed E-state index contributed by atoms with van der Waals surface area (Å²) in [6, 6.07) is 8.85. The van der Waals surface area contributed by atoms with Gasteiger partial charge in [0.25, 0.3) is 0 Å². The van der Waals surface area contributed by atoms with Crippen LogP contribution in [0.1, 0.15) is 80.3 Å². The molecule has 1 N–H and O–H groups in total. The van der Waals surface area contributed by atoms with Gasteiger partial charge < -0.3 is 5.32 Å². The van der Waals surface area contributed by atoms with Crippen molar-refractivity contribution < 1.29 is 0 Å². The molecule has 0 fully saturated rings. The zero-order valence-corrected chi connectivity index (χ0v) is 17.6. The van der Waals surface area contributed by atoms with Crippen molar-refractivity contribution in [3.05, 3.63) is 65.1 Å². The number of fused-ring (bicyclic) bond motifs is 1. The molecule has 0 aliphatic carbocycles. The monoisotopic (exact) mass is 377 g/mol. The van der Waals surface area contributed by atoms with Gasteiger partial charge in [-0.25, -0.2) is 4.98 Å². The van der Waals surface area contributed by atoms with Crippen LogP contribution in [0.2, 0.25) is 0 Å². The number of nitrogens with zero attached hydrogens (tertiary/aromatic N) is 2. The molecule has 1 aliphatic heterocycles.